The molecule has 0 radical (unpaired) electrons. The Morgan fingerprint density at radius 3 is 2.46 bits per heavy atom. The minimum Gasteiger partial charge on any atom is -0.335 e. The fourth-order valence-electron chi connectivity index (χ4n) is 2.75. The molecular weight excluding hydrogens is 374 g/mol. The number of hydrogen-bond donors (Lipinski definition) is 1. The van der Waals surface area contributed by atoms with Gasteiger partial charge in [-0.2, -0.15) is 0 Å². The van der Waals surface area contributed by atoms with E-state index in [1.54, 1.807) is 35.2 Å². The highest BCUT2D eigenvalue weighted by Gasteiger charge is 2.17. The largest absolute Gasteiger partial charge is 0.335 e. The summed E-state index contributed by atoms with van der Waals surface area (Å²) in [5.41, 5.74) is 2.11. The quantitative estimate of drug-likeness (QED) is 0.663. The van der Waals surface area contributed by atoms with Gasteiger partial charge in [-0.25, -0.2) is 0 Å². The van der Waals surface area contributed by atoms with Gasteiger partial charge in [0.2, 0.25) is 0 Å². The maximum Gasteiger partial charge on any atom is 0.274 e. The van der Waals surface area contributed by atoms with Crippen molar-refractivity contribution in [3.63, 3.8) is 0 Å². The van der Waals surface area contributed by atoms with Crippen LogP contribution in [0, 0.1) is 0 Å². The third-order valence-electron chi connectivity index (χ3n) is 4.25. The molecule has 0 saturated heterocycles. The Bertz CT molecular complexity index is 976. The molecule has 0 aliphatic carbocycles. The average Bonchev–Trinajstić information content (AvgIpc) is 2.74. The van der Waals surface area contributed by atoms with Crippen molar-refractivity contribution in [2.75, 3.05) is 11.9 Å². The zero-order valence-corrected chi connectivity index (χ0v) is 16.2. The number of amides is 2. The number of aromatic nitrogens is 1. The van der Waals surface area contributed by atoms with Crippen molar-refractivity contribution in [3.8, 4) is 0 Å². The number of hydrogen-bond acceptors (Lipinski definition) is 3. The molecular formula is C22H20ClN3O2. The summed E-state index contributed by atoms with van der Waals surface area (Å²) < 4.78 is 0. The normalized spacial score (nSPS) is 10.4. The molecule has 0 fully saturated rings. The summed E-state index contributed by atoms with van der Waals surface area (Å²) in [6.07, 6.45) is 1.46. The monoisotopic (exact) mass is 393 g/mol. The van der Waals surface area contributed by atoms with E-state index in [1.807, 2.05) is 37.3 Å². The predicted molar refractivity (Wildman–Crippen MR) is 110 cm³/mol. The molecule has 1 aromatic heterocycles. The molecule has 1 heterocycles. The number of rotatable bonds is 6. The van der Waals surface area contributed by atoms with Crippen LogP contribution in [0.2, 0.25) is 5.02 Å². The van der Waals surface area contributed by atoms with Crippen LogP contribution in [0.3, 0.4) is 0 Å². The van der Waals surface area contributed by atoms with Gasteiger partial charge >= 0.3 is 0 Å². The van der Waals surface area contributed by atoms with E-state index in [4.69, 9.17) is 11.6 Å². The summed E-state index contributed by atoms with van der Waals surface area (Å²) >= 11 is 6.08. The fourth-order valence-corrected chi connectivity index (χ4v) is 2.93. The van der Waals surface area contributed by atoms with Crippen molar-refractivity contribution in [1.82, 2.24) is 9.88 Å². The number of nitrogens with one attached hydrogen (secondary N) is 1. The molecule has 6 heteroatoms. The van der Waals surface area contributed by atoms with Gasteiger partial charge in [-0.05, 0) is 36.8 Å². The molecule has 0 bridgehead atoms. The van der Waals surface area contributed by atoms with E-state index in [9.17, 15) is 9.59 Å². The van der Waals surface area contributed by atoms with E-state index < -0.39 is 5.91 Å². The molecule has 0 aliphatic rings. The highest BCUT2D eigenvalue weighted by molar-refractivity contribution is 6.33. The lowest BCUT2D eigenvalue weighted by molar-refractivity contribution is 0.0752. The van der Waals surface area contributed by atoms with Gasteiger partial charge in [0.05, 0.1) is 10.7 Å². The van der Waals surface area contributed by atoms with Crippen molar-refractivity contribution >= 4 is 29.1 Å². The second-order valence-corrected chi connectivity index (χ2v) is 6.58. The van der Waals surface area contributed by atoms with Crippen LogP contribution in [0.25, 0.3) is 0 Å². The van der Waals surface area contributed by atoms with Gasteiger partial charge < -0.3 is 10.2 Å². The van der Waals surface area contributed by atoms with Crippen molar-refractivity contribution in [3.05, 3.63) is 94.8 Å². The Morgan fingerprint density at radius 2 is 1.75 bits per heavy atom. The molecule has 1 N–H and O–H groups in total. The van der Waals surface area contributed by atoms with Gasteiger partial charge in [-0.15, -0.1) is 0 Å². The summed E-state index contributed by atoms with van der Waals surface area (Å²) in [4.78, 5) is 31.2. The summed E-state index contributed by atoms with van der Waals surface area (Å²) in [5, 5.41) is 3.15. The van der Waals surface area contributed by atoms with E-state index in [0.29, 0.717) is 29.4 Å². The van der Waals surface area contributed by atoms with Crippen LogP contribution in [0.4, 0.5) is 5.69 Å². The van der Waals surface area contributed by atoms with Crippen LogP contribution in [0.1, 0.15) is 33.3 Å². The van der Waals surface area contributed by atoms with Gasteiger partial charge in [-0.3, -0.25) is 14.6 Å². The SMILES string of the molecule is CCN(Cc1ccccc1)C(=O)c1ccnc(C(=O)Nc2ccccc2Cl)c1. The lowest BCUT2D eigenvalue weighted by Crippen LogP contribution is -2.30. The average molecular weight is 394 g/mol. The summed E-state index contributed by atoms with van der Waals surface area (Å²) in [7, 11) is 0. The fraction of sp³-hybridized carbons (Fsp3) is 0.136. The predicted octanol–water partition coefficient (Wildman–Crippen LogP) is 4.65. The maximum absolute atomic E-state index is 12.9. The lowest BCUT2D eigenvalue weighted by atomic mass is 10.1. The number of para-hydroxylation sites is 1. The summed E-state index contributed by atoms with van der Waals surface area (Å²) in [6.45, 7) is 2.98. The van der Waals surface area contributed by atoms with Gasteiger partial charge in [0.1, 0.15) is 5.69 Å². The van der Waals surface area contributed by atoms with E-state index in [-0.39, 0.29) is 11.6 Å². The Balaban J connectivity index is 1.77. The minimum absolute atomic E-state index is 0.152. The van der Waals surface area contributed by atoms with Crippen LogP contribution < -0.4 is 5.32 Å². The molecule has 142 valence electrons. The lowest BCUT2D eigenvalue weighted by Gasteiger charge is -2.21. The van der Waals surface area contributed by atoms with Crippen LogP contribution >= 0.6 is 11.6 Å². The third-order valence-corrected chi connectivity index (χ3v) is 4.58. The third kappa shape index (κ3) is 4.75. The highest BCUT2D eigenvalue weighted by Crippen LogP contribution is 2.21. The summed E-state index contributed by atoms with van der Waals surface area (Å²) in [5.74, 6) is -0.575. The second-order valence-electron chi connectivity index (χ2n) is 6.17. The first-order valence-electron chi connectivity index (χ1n) is 8.93. The zero-order chi connectivity index (χ0) is 19.9. The number of anilines is 1. The number of halogens is 1. The number of nitrogens with zero attached hydrogens (tertiary/aromatic N) is 2. The summed E-state index contributed by atoms with van der Waals surface area (Å²) in [6, 6.07) is 19.8. The van der Waals surface area contributed by atoms with Gasteiger partial charge in [0, 0.05) is 24.8 Å². The van der Waals surface area contributed by atoms with Crippen LogP contribution in [-0.4, -0.2) is 28.2 Å². The van der Waals surface area contributed by atoms with Crippen molar-refractivity contribution < 1.29 is 9.59 Å². The molecule has 28 heavy (non-hydrogen) atoms. The Labute approximate surface area is 169 Å². The van der Waals surface area contributed by atoms with E-state index in [2.05, 4.69) is 10.3 Å². The van der Waals surface area contributed by atoms with Crippen molar-refractivity contribution in [1.29, 1.82) is 0 Å². The molecule has 5 nitrogen and oxygen atoms in total. The Morgan fingerprint density at radius 1 is 1.04 bits per heavy atom. The number of carbonyl (C=O) groups excluding carboxylic acids is 2. The van der Waals surface area contributed by atoms with Gasteiger partial charge in [0.15, 0.2) is 0 Å². The van der Waals surface area contributed by atoms with Crippen LogP contribution in [0.15, 0.2) is 72.9 Å². The smallest absolute Gasteiger partial charge is 0.274 e. The molecule has 0 unspecified atom stereocenters. The first kappa shape index (κ1) is 19.6. The maximum atomic E-state index is 12.9. The Hall–Kier alpha value is -3.18. The number of pyridine rings is 1. The van der Waals surface area contributed by atoms with E-state index in [1.165, 1.54) is 12.3 Å². The topological polar surface area (TPSA) is 62.3 Å². The minimum atomic E-state index is -0.422. The number of carbonyl (C=O) groups is 2. The first-order valence-corrected chi connectivity index (χ1v) is 9.31. The Kier molecular flexibility index (Phi) is 6.40. The standard InChI is InChI=1S/C22H20ClN3O2/c1-2-26(15-16-8-4-3-5-9-16)22(28)17-12-13-24-20(14-17)21(27)25-19-11-7-6-10-18(19)23/h3-14H,2,15H2,1H3,(H,25,27). The van der Waals surface area contributed by atoms with Crippen LogP contribution in [0.5, 0.6) is 0 Å². The van der Waals surface area contributed by atoms with E-state index >= 15 is 0 Å². The van der Waals surface area contributed by atoms with E-state index in [0.717, 1.165) is 5.56 Å². The molecule has 0 aliphatic heterocycles. The highest BCUT2D eigenvalue weighted by atomic mass is 35.5. The van der Waals surface area contributed by atoms with Crippen molar-refractivity contribution in [2.45, 2.75) is 13.5 Å². The zero-order valence-electron chi connectivity index (χ0n) is 15.4. The van der Waals surface area contributed by atoms with Gasteiger partial charge in [-0.1, -0.05) is 54.1 Å². The molecule has 3 rings (SSSR count). The molecule has 0 saturated carbocycles. The molecule has 3 aromatic rings. The first-order chi connectivity index (χ1) is 13.6. The van der Waals surface area contributed by atoms with Crippen molar-refractivity contribution in [2.24, 2.45) is 0 Å². The molecule has 2 aromatic carbocycles. The molecule has 0 spiro atoms. The van der Waals surface area contributed by atoms with Gasteiger partial charge in [0.25, 0.3) is 11.8 Å². The number of benzene rings is 2. The molecule has 2 amide bonds. The molecule has 0 atom stereocenters. The second kappa shape index (κ2) is 9.15. The van der Waals surface area contributed by atoms with Crippen LogP contribution in [-0.2, 0) is 6.54 Å².